The lowest BCUT2D eigenvalue weighted by Crippen LogP contribution is -2.35. The predicted octanol–water partition coefficient (Wildman–Crippen LogP) is 2.51. The SMILES string of the molecule is CC1(C)COc2ccc(C(=O)C3CCCCS3(=O)=O)cc21. The maximum absolute atomic E-state index is 12.6. The fourth-order valence-electron chi connectivity index (χ4n) is 3.11. The van der Waals surface area contributed by atoms with Gasteiger partial charge in [-0.05, 0) is 31.0 Å². The highest BCUT2D eigenvalue weighted by Crippen LogP contribution is 2.39. The van der Waals surface area contributed by atoms with Crippen molar-refractivity contribution in [3.8, 4) is 5.75 Å². The highest BCUT2D eigenvalue weighted by atomic mass is 32.2. The molecule has 1 fully saturated rings. The lowest BCUT2D eigenvalue weighted by Gasteiger charge is -2.22. The fraction of sp³-hybridized carbons (Fsp3) is 0.562. The molecule has 2 aliphatic rings. The Morgan fingerprint density at radius 1 is 1.29 bits per heavy atom. The van der Waals surface area contributed by atoms with Crippen molar-refractivity contribution in [1.29, 1.82) is 0 Å². The minimum absolute atomic E-state index is 0.128. The first-order valence-electron chi connectivity index (χ1n) is 7.34. The van der Waals surface area contributed by atoms with Gasteiger partial charge in [-0.1, -0.05) is 20.3 Å². The number of hydrogen-bond donors (Lipinski definition) is 0. The summed E-state index contributed by atoms with van der Waals surface area (Å²) in [6, 6.07) is 5.29. The highest BCUT2D eigenvalue weighted by Gasteiger charge is 2.37. The van der Waals surface area contributed by atoms with E-state index in [9.17, 15) is 13.2 Å². The molecule has 21 heavy (non-hydrogen) atoms. The monoisotopic (exact) mass is 308 g/mol. The first kappa shape index (κ1) is 14.6. The van der Waals surface area contributed by atoms with E-state index < -0.39 is 15.1 Å². The van der Waals surface area contributed by atoms with Crippen LogP contribution in [-0.4, -0.2) is 31.8 Å². The number of ketones is 1. The molecular weight excluding hydrogens is 288 g/mol. The molecule has 1 aromatic rings. The average molecular weight is 308 g/mol. The van der Waals surface area contributed by atoms with Crippen molar-refractivity contribution < 1.29 is 17.9 Å². The Kier molecular flexibility index (Phi) is 3.35. The van der Waals surface area contributed by atoms with Crippen LogP contribution in [0, 0.1) is 0 Å². The minimum Gasteiger partial charge on any atom is -0.492 e. The Morgan fingerprint density at radius 2 is 2.05 bits per heavy atom. The number of benzene rings is 1. The second kappa shape index (κ2) is 4.83. The molecule has 0 saturated carbocycles. The average Bonchev–Trinajstić information content (AvgIpc) is 2.73. The van der Waals surface area contributed by atoms with Crippen LogP contribution < -0.4 is 4.74 Å². The number of carbonyl (C=O) groups is 1. The van der Waals surface area contributed by atoms with Crippen molar-refractivity contribution in [1.82, 2.24) is 0 Å². The number of rotatable bonds is 2. The fourth-order valence-corrected chi connectivity index (χ4v) is 4.99. The van der Waals surface area contributed by atoms with Crippen LogP contribution in [0.4, 0.5) is 0 Å². The van der Waals surface area contributed by atoms with Gasteiger partial charge in [-0.25, -0.2) is 8.42 Å². The van der Waals surface area contributed by atoms with Crippen LogP contribution >= 0.6 is 0 Å². The van der Waals surface area contributed by atoms with Gasteiger partial charge in [0.1, 0.15) is 11.0 Å². The second-order valence-corrected chi connectivity index (χ2v) is 8.90. The molecule has 5 heteroatoms. The van der Waals surface area contributed by atoms with E-state index in [1.807, 2.05) is 6.07 Å². The molecule has 1 unspecified atom stereocenters. The predicted molar refractivity (Wildman–Crippen MR) is 80.7 cm³/mol. The summed E-state index contributed by atoms with van der Waals surface area (Å²) in [6.45, 7) is 4.70. The zero-order chi connectivity index (χ0) is 15.3. The van der Waals surface area contributed by atoms with Gasteiger partial charge in [0.05, 0.1) is 12.4 Å². The molecule has 4 nitrogen and oxygen atoms in total. The molecule has 0 bridgehead atoms. The molecule has 0 N–H and O–H groups in total. The molecule has 114 valence electrons. The third-order valence-corrected chi connectivity index (χ3v) is 6.63. The summed E-state index contributed by atoms with van der Waals surface area (Å²) in [6.07, 6.45) is 1.91. The van der Waals surface area contributed by atoms with Gasteiger partial charge in [0, 0.05) is 16.5 Å². The third kappa shape index (κ3) is 2.48. The van der Waals surface area contributed by atoms with Gasteiger partial charge in [-0.3, -0.25) is 4.79 Å². The molecule has 3 rings (SSSR count). The largest absolute Gasteiger partial charge is 0.492 e. The summed E-state index contributed by atoms with van der Waals surface area (Å²) >= 11 is 0. The van der Waals surface area contributed by atoms with Gasteiger partial charge in [0.15, 0.2) is 15.6 Å². The van der Waals surface area contributed by atoms with Crippen LogP contribution in [0.15, 0.2) is 18.2 Å². The third-order valence-electron chi connectivity index (χ3n) is 4.45. The van der Waals surface area contributed by atoms with Crippen molar-refractivity contribution in [2.75, 3.05) is 12.4 Å². The van der Waals surface area contributed by atoms with E-state index in [4.69, 9.17) is 4.74 Å². The zero-order valence-electron chi connectivity index (χ0n) is 12.4. The van der Waals surface area contributed by atoms with Crippen molar-refractivity contribution in [2.24, 2.45) is 0 Å². The van der Waals surface area contributed by atoms with E-state index >= 15 is 0 Å². The van der Waals surface area contributed by atoms with E-state index in [1.165, 1.54) is 0 Å². The summed E-state index contributed by atoms with van der Waals surface area (Å²) in [4.78, 5) is 12.6. The van der Waals surface area contributed by atoms with Crippen molar-refractivity contribution >= 4 is 15.6 Å². The molecule has 2 heterocycles. The zero-order valence-corrected chi connectivity index (χ0v) is 13.2. The van der Waals surface area contributed by atoms with Gasteiger partial charge in [0.2, 0.25) is 0 Å². The van der Waals surface area contributed by atoms with Gasteiger partial charge in [0.25, 0.3) is 0 Å². The Balaban J connectivity index is 1.96. The summed E-state index contributed by atoms with van der Waals surface area (Å²) in [5.74, 6) is 0.659. The standard InChI is InChI=1S/C16H20O4S/c1-16(2)10-20-13-7-6-11(9-12(13)16)15(17)14-5-3-4-8-21(14,18)19/h6-7,9,14H,3-5,8,10H2,1-2H3. The van der Waals surface area contributed by atoms with Crippen LogP contribution in [0.25, 0.3) is 0 Å². The van der Waals surface area contributed by atoms with Crippen LogP contribution in [0.2, 0.25) is 0 Å². The molecule has 0 amide bonds. The van der Waals surface area contributed by atoms with Crippen LogP contribution in [0.1, 0.15) is 49.0 Å². The first-order valence-corrected chi connectivity index (χ1v) is 9.06. The quantitative estimate of drug-likeness (QED) is 0.788. The molecular formula is C16H20O4S. The number of fused-ring (bicyclic) bond motifs is 1. The summed E-state index contributed by atoms with van der Waals surface area (Å²) < 4.78 is 29.8. The minimum atomic E-state index is -3.29. The summed E-state index contributed by atoms with van der Waals surface area (Å²) in [5.41, 5.74) is 1.33. The van der Waals surface area contributed by atoms with E-state index in [-0.39, 0.29) is 17.0 Å². The number of ether oxygens (including phenoxy) is 1. The summed E-state index contributed by atoms with van der Waals surface area (Å²) in [7, 11) is -3.29. The van der Waals surface area contributed by atoms with Crippen LogP contribution in [-0.2, 0) is 15.3 Å². The number of sulfone groups is 1. The Morgan fingerprint density at radius 3 is 2.76 bits per heavy atom. The Labute approximate surface area is 125 Å². The lowest BCUT2D eigenvalue weighted by atomic mass is 9.85. The molecule has 1 saturated heterocycles. The molecule has 2 aliphatic heterocycles. The molecule has 0 aliphatic carbocycles. The van der Waals surface area contributed by atoms with Gasteiger partial charge in [-0.2, -0.15) is 0 Å². The van der Waals surface area contributed by atoms with Gasteiger partial charge in [-0.15, -0.1) is 0 Å². The number of Topliss-reactive ketones (excluding diaryl/α,β-unsaturated/α-hetero) is 1. The molecule has 0 radical (unpaired) electrons. The van der Waals surface area contributed by atoms with Gasteiger partial charge < -0.3 is 4.74 Å². The van der Waals surface area contributed by atoms with E-state index in [2.05, 4.69) is 13.8 Å². The normalized spacial score (nSPS) is 25.9. The van der Waals surface area contributed by atoms with E-state index in [1.54, 1.807) is 12.1 Å². The second-order valence-electron chi connectivity index (χ2n) is 6.60. The number of carbonyl (C=O) groups excluding carboxylic acids is 1. The maximum Gasteiger partial charge on any atom is 0.180 e. The molecule has 0 spiro atoms. The van der Waals surface area contributed by atoms with Gasteiger partial charge >= 0.3 is 0 Å². The molecule has 1 atom stereocenters. The topological polar surface area (TPSA) is 60.4 Å². The molecule has 1 aromatic carbocycles. The smallest absolute Gasteiger partial charge is 0.180 e. The van der Waals surface area contributed by atoms with Crippen molar-refractivity contribution in [3.63, 3.8) is 0 Å². The number of hydrogen-bond acceptors (Lipinski definition) is 4. The Hall–Kier alpha value is -1.36. The Bertz CT molecular complexity index is 688. The first-order chi connectivity index (χ1) is 9.81. The summed E-state index contributed by atoms with van der Waals surface area (Å²) in [5, 5.41) is -0.866. The van der Waals surface area contributed by atoms with Crippen molar-refractivity contribution in [2.45, 2.75) is 43.8 Å². The van der Waals surface area contributed by atoms with Crippen molar-refractivity contribution in [3.05, 3.63) is 29.3 Å². The van der Waals surface area contributed by atoms with Crippen LogP contribution in [0.5, 0.6) is 5.75 Å². The lowest BCUT2D eigenvalue weighted by molar-refractivity contribution is 0.0981. The van der Waals surface area contributed by atoms with E-state index in [0.29, 0.717) is 25.0 Å². The maximum atomic E-state index is 12.6. The molecule has 0 aromatic heterocycles. The van der Waals surface area contributed by atoms with Crippen LogP contribution in [0.3, 0.4) is 0 Å². The highest BCUT2D eigenvalue weighted by molar-refractivity contribution is 7.92. The van der Waals surface area contributed by atoms with E-state index in [0.717, 1.165) is 17.7 Å².